The zero-order chi connectivity index (χ0) is 11.4. The summed E-state index contributed by atoms with van der Waals surface area (Å²) >= 11 is 0. The van der Waals surface area contributed by atoms with Crippen molar-refractivity contribution in [3.63, 3.8) is 0 Å². The van der Waals surface area contributed by atoms with Gasteiger partial charge in [-0.05, 0) is 6.72 Å². The van der Waals surface area contributed by atoms with E-state index in [1.54, 1.807) is 0 Å². The molecule has 86 valence electrons. The highest BCUT2D eigenvalue weighted by atomic mass is 16.6. The molecular formula is C9H15NO5. The van der Waals surface area contributed by atoms with Crippen LogP contribution in [-0.2, 0) is 14.3 Å². The van der Waals surface area contributed by atoms with Crippen molar-refractivity contribution in [2.45, 2.75) is 31.3 Å². The van der Waals surface area contributed by atoms with Crippen LogP contribution in [0.4, 0.5) is 0 Å². The van der Waals surface area contributed by atoms with E-state index in [-0.39, 0.29) is 13.2 Å². The number of esters is 1. The summed E-state index contributed by atoms with van der Waals surface area (Å²) in [6.07, 6.45) is -2.62. The average Bonchev–Trinajstić information content (AvgIpc) is 2.20. The molecule has 0 amide bonds. The molecule has 0 aliphatic carbocycles. The largest absolute Gasteiger partial charge is 0.457 e. The summed E-state index contributed by atoms with van der Waals surface area (Å²) in [5.74, 6) is -0.508. The third-order valence-electron chi connectivity index (χ3n) is 2.29. The summed E-state index contributed by atoms with van der Waals surface area (Å²) < 4.78 is 10.1. The van der Waals surface area contributed by atoms with Crippen LogP contribution in [0.2, 0.25) is 0 Å². The molecule has 0 aromatic rings. The van der Waals surface area contributed by atoms with Crippen molar-refractivity contribution in [3.8, 4) is 0 Å². The number of ether oxygens (including phenoxy) is 2. The van der Waals surface area contributed by atoms with Gasteiger partial charge in [0.15, 0.2) is 6.10 Å². The van der Waals surface area contributed by atoms with Gasteiger partial charge in [-0.2, -0.15) is 0 Å². The first-order valence-corrected chi connectivity index (χ1v) is 4.63. The van der Waals surface area contributed by atoms with Crippen molar-refractivity contribution in [3.05, 3.63) is 0 Å². The van der Waals surface area contributed by atoms with Gasteiger partial charge in [-0.15, -0.1) is 0 Å². The number of nitrogens with zero attached hydrogens (tertiary/aromatic N) is 1. The third kappa shape index (κ3) is 2.74. The highest BCUT2D eigenvalue weighted by molar-refractivity contribution is 5.66. The predicted molar refractivity (Wildman–Crippen MR) is 51.7 cm³/mol. The number of aliphatic hydroxyl groups excluding tert-OH is 2. The summed E-state index contributed by atoms with van der Waals surface area (Å²) in [4.78, 5) is 14.5. The molecule has 6 heteroatoms. The topological polar surface area (TPSA) is 88.3 Å². The van der Waals surface area contributed by atoms with Crippen molar-refractivity contribution in [2.24, 2.45) is 4.99 Å². The monoisotopic (exact) mass is 217 g/mol. The lowest BCUT2D eigenvalue weighted by atomic mass is 9.98. The molecule has 0 radical (unpaired) electrons. The molecule has 1 saturated heterocycles. The van der Waals surface area contributed by atoms with Gasteiger partial charge in [0, 0.05) is 6.92 Å². The van der Waals surface area contributed by atoms with Crippen molar-refractivity contribution in [2.75, 3.05) is 13.2 Å². The van der Waals surface area contributed by atoms with Crippen molar-refractivity contribution in [1.29, 1.82) is 0 Å². The van der Waals surface area contributed by atoms with Crippen LogP contribution in [0.1, 0.15) is 6.92 Å². The quantitative estimate of drug-likeness (QED) is 0.455. The predicted octanol–water partition coefficient (Wildman–Crippen LogP) is -1.26. The number of carbonyl (C=O) groups excluding carboxylic acids is 1. The Morgan fingerprint density at radius 1 is 1.73 bits per heavy atom. The Balaban J connectivity index is 2.72. The van der Waals surface area contributed by atoms with E-state index in [9.17, 15) is 9.90 Å². The molecule has 2 N–H and O–H groups in total. The first-order chi connectivity index (χ1) is 7.10. The van der Waals surface area contributed by atoms with Gasteiger partial charge in [-0.3, -0.25) is 9.79 Å². The minimum Gasteiger partial charge on any atom is -0.457 e. The molecule has 6 nitrogen and oxygen atoms in total. The van der Waals surface area contributed by atoms with Gasteiger partial charge >= 0.3 is 5.97 Å². The highest BCUT2D eigenvalue weighted by Crippen LogP contribution is 2.20. The van der Waals surface area contributed by atoms with E-state index in [1.807, 2.05) is 0 Å². The lowest BCUT2D eigenvalue weighted by Crippen LogP contribution is -2.55. The van der Waals surface area contributed by atoms with Crippen LogP contribution in [0, 0.1) is 0 Å². The van der Waals surface area contributed by atoms with E-state index in [1.165, 1.54) is 6.92 Å². The normalized spacial score (nSPS) is 35.9. The molecule has 0 aromatic heterocycles. The van der Waals surface area contributed by atoms with E-state index in [2.05, 4.69) is 11.7 Å². The second-order valence-corrected chi connectivity index (χ2v) is 3.37. The van der Waals surface area contributed by atoms with Gasteiger partial charge in [0.1, 0.15) is 18.2 Å². The van der Waals surface area contributed by atoms with Crippen molar-refractivity contribution < 1.29 is 24.5 Å². The van der Waals surface area contributed by atoms with Crippen LogP contribution >= 0.6 is 0 Å². The fourth-order valence-corrected chi connectivity index (χ4v) is 1.51. The van der Waals surface area contributed by atoms with Crippen LogP contribution in [0.5, 0.6) is 0 Å². The molecule has 15 heavy (non-hydrogen) atoms. The number of aliphatic imine (C=N–C) groups is 1. The van der Waals surface area contributed by atoms with Crippen LogP contribution < -0.4 is 0 Å². The van der Waals surface area contributed by atoms with Crippen LogP contribution in [0.3, 0.4) is 0 Å². The summed E-state index contributed by atoms with van der Waals surface area (Å²) in [6, 6.07) is -0.494. The van der Waals surface area contributed by atoms with Crippen LogP contribution in [0.15, 0.2) is 4.99 Å². The molecule has 1 aliphatic rings. The van der Waals surface area contributed by atoms with Gasteiger partial charge in [0.05, 0.1) is 13.2 Å². The Bertz CT molecular complexity index is 245. The van der Waals surface area contributed by atoms with Gasteiger partial charge in [-0.1, -0.05) is 0 Å². The standard InChI is InChI=1S/C9H15NO5/c1-5(12)15-9-6(10-2)4-14-7(3-11)8(9)13/h6-9,11,13H,2-4H2,1H3/t6-,7-,8-,9?/m1/s1. The lowest BCUT2D eigenvalue weighted by molar-refractivity contribution is -0.184. The summed E-state index contributed by atoms with van der Waals surface area (Å²) in [5, 5.41) is 18.6. The lowest BCUT2D eigenvalue weighted by Gasteiger charge is -2.36. The van der Waals surface area contributed by atoms with E-state index >= 15 is 0 Å². The molecule has 4 atom stereocenters. The maximum atomic E-state index is 10.8. The molecule has 0 spiro atoms. The summed E-state index contributed by atoms with van der Waals surface area (Å²) in [6.45, 7) is 4.42. The molecular weight excluding hydrogens is 202 g/mol. The van der Waals surface area contributed by atoms with Crippen LogP contribution in [-0.4, -0.2) is 60.5 Å². The molecule has 1 fully saturated rings. The number of aliphatic hydroxyl groups is 2. The molecule has 0 saturated carbocycles. The maximum Gasteiger partial charge on any atom is 0.303 e. The molecule has 1 unspecified atom stereocenters. The Labute approximate surface area is 87.5 Å². The second kappa shape index (κ2) is 5.20. The minimum absolute atomic E-state index is 0.170. The Morgan fingerprint density at radius 3 is 2.87 bits per heavy atom. The number of hydrogen-bond acceptors (Lipinski definition) is 6. The van der Waals surface area contributed by atoms with Gasteiger partial charge in [0.2, 0.25) is 0 Å². The fraction of sp³-hybridized carbons (Fsp3) is 0.778. The third-order valence-corrected chi connectivity index (χ3v) is 2.29. The number of rotatable bonds is 3. The molecule has 0 aromatic carbocycles. The minimum atomic E-state index is -1.08. The van der Waals surface area contributed by atoms with Crippen molar-refractivity contribution >= 4 is 12.7 Å². The van der Waals surface area contributed by atoms with E-state index in [0.717, 1.165) is 0 Å². The number of hydrogen-bond donors (Lipinski definition) is 2. The summed E-state index contributed by atoms with van der Waals surface area (Å²) in [7, 11) is 0. The van der Waals surface area contributed by atoms with Crippen LogP contribution in [0.25, 0.3) is 0 Å². The van der Waals surface area contributed by atoms with Gasteiger partial charge < -0.3 is 19.7 Å². The van der Waals surface area contributed by atoms with Gasteiger partial charge in [-0.25, -0.2) is 0 Å². The Kier molecular flexibility index (Phi) is 4.19. The maximum absolute atomic E-state index is 10.8. The molecule has 1 aliphatic heterocycles. The zero-order valence-electron chi connectivity index (χ0n) is 8.50. The second-order valence-electron chi connectivity index (χ2n) is 3.37. The first kappa shape index (κ1) is 12.1. The van der Waals surface area contributed by atoms with Crippen molar-refractivity contribution in [1.82, 2.24) is 0 Å². The van der Waals surface area contributed by atoms with E-state index < -0.39 is 30.3 Å². The molecule has 1 heterocycles. The Morgan fingerprint density at radius 2 is 2.40 bits per heavy atom. The fourth-order valence-electron chi connectivity index (χ4n) is 1.51. The van der Waals surface area contributed by atoms with E-state index in [0.29, 0.717) is 0 Å². The van der Waals surface area contributed by atoms with E-state index in [4.69, 9.17) is 14.6 Å². The first-order valence-electron chi connectivity index (χ1n) is 4.63. The number of carbonyl (C=O) groups is 1. The highest BCUT2D eigenvalue weighted by Gasteiger charge is 2.40. The summed E-state index contributed by atoms with van der Waals surface area (Å²) in [5.41, 5.74) is 0. The average molecular weight is 217 g/mol. The molecule has 1 rings (SSSR count). The van der Waals surface area contributed by atoms with Gasteiger partial charge in [0.25, 0.3) is 0 Å². The zero-order valence-corrected chi connectivity index (χ0v) is 8.50. The molecule has 0 bridgehead atoms. The smallest absolute Gasteiger partial charge is 0.303 e. The Hall–Kier alpha value is -0.980. The SMILES string of the molecule is C=N[C@@H]1CO[C@H](CO)[C@@H](O)C1OC(C)=O.